The van der Waals surface area contributed by atoms with Crippen molar-refractivity contribution in [1.82, 2.24) is 5.32 Å². The van der Waals surface area contributed by atoms with Crippen molar-refractivity contribution >= 4 is 0 Å². The maximum Gasteiger partial charge on any atom is 0.120 e. The van der Waals surface area contributed by atoms with Crippen LogP contribution in [0.1, 0.15) is 51.3 Å². The Labute approximate surface area is 110 Å². The maximum absolute atomic E-state index is 5.91. The molecule has 0 radical (unpaired) electrons. The molecule has 1 N–H and O–H groups in total. The second-order valence-corrected chi connectivity index (χ2v) is 5.44. The van der Waals surface area contributed by atoms with E-state index in [1.165, 1.54) is 25.7 Å². The van der Waals surface area contributed by atoms with E-state index in [0.29, 0.717) is 6.10 Å². The van der Waals surface area contributed by atoms with Gasteiger partial charge in [0.1, 0.15) is 5.76 Å². The van der Waals surface area contributed by atoms with E-state index < -0.39 is 0 Å². The lowest BCUT2D eigenvalue weighted by Crippen LogP contribution is -2.27. The Kier molecular flexibility index (Phi) is 5.26. The Bertz CT molecular complexity index is 315. The quantitative estimate of drug-likeness (QED) is 0.785. The second kappa shape index (κ2) is 6.95. The van der Waals surface area contributed by atoms with Gasteiger partial charge in [0.05, 0.1) is 25.0 Å². The first-order chi connectivity index (χ1) is 8.75. The molecule has 1 aliphatic rings. The number of ether oxygens (including phenoxy) is 1. The van der Waals surface area contributed by atoms with Crippen molar-refractivity contribution in [3.8, 4) is 0 Å². The third kappa shape index (κ3) is 4.14. The van der Waals surface area contributed by atoms with Gasteiger partial charge < -0.3 is 14.5 Å². The minimum atomic E-state index is 0.259. The molecule has 1 atom stereocenters. The van der Waals surface area contributed by atoms with Crippen molar-refractivity contribution < 1.29 is 9.15 Å². The first kappa shape index (κ1) is 13.6. The van der Waals surface area contributed by atoms with Crippen LogP contribution in [0.15, 0.2) is 22.8 Å². The van der Waals surface area contributed by atoms with Crippen molar-refractivity contribution in [2.45, 2.75) is 51.7 Å². The zero-order valence-electron chi connectivity index (χ0n) is 11.5. The van der Waals surface area contributed by atoms with Crippen molar-refractivity contribution in [3.63, 3.8) is 0 Å². The van der Waals surface area contributed by atoms with Crippen molar-refractivity contribution in [1.29, 1.82) is 0 Å². The summed E-state index contributed by atoms with van der Waals surface area (Å²) in [4.78, 5) is 0. The van der Waals surface area contributed by atoms with Crippen LogP contribution in [0.25, 0.3) is 0 Å². The van der Waals surface area contributed by atoms with Crippen LogP contribution in [0.4, 0.5) is 0 Å². The molecule has 1 aromatic rings. The summed E-state index contributed by atoms with van der Waals surface area (Å²) in [5, 5.41) is 3.41. The lowest BCUT2D eigenvalue weighted by atomic mass is 9.89. The summed E-state index contributed by atoms with van der Waals surface area (Å²) < 4.78 is 11.3. The van der Waals surface area contributed by atoms with E-state index in [0.717, 1.165) is 24.8 Å². The fraction of sp³-hybridized carbons (Fsp3) is 0.733. The second-order valence-electron chi connectivity index (χ2n) is 5.44. The zero-order valence-corrected chi connectivity index (χ0v) is 11.5. The number of furan rings is 1. The monoisotopic (exact) mass is 251 g/mol. The molecule has 1 saturated carbocycles. The molecule has 1 aliphatic carbocycles. The summed E-state index contributed by atoms with van der Waals surface area (Å²) in [6.07, 6.45) is 7.31. The molecule has 3 heteroatoms. The van der Waals surface area contributed by atoms with E-state index in [1.807, 2.05) is 12.1 Å². The average molecular weight is 251 g/mol. The fourth-order valence-corrected chi connectivity index (χ4v) is 2.54. The Morgan fingerprint density at radius 2 is 2.17 bits per heavy atom. The number of nitrogens with one attached hydrogen (secondary N) is 1. The molecule has 102 valence electrons. The molecule has 1 fully saturated rings. The third-order valence-electron chi connectivity index (χ3n) is 3.84. The molecular weight excluding hydrogens is 226 g/mol. The fourth-order valence-electron chi connectivity index (χ4n) is 2.54. The van der Waals surface area contributed by atoms with E-state index in [-0.39, 0.29) is 6.04 Å². The maximum atomic E-state index is 5.91. The predicted octanol–water partition coefficient (Wildman–Crippen LogP) is 3.53. The highest BCUT2D eigenvalue weighted by molar-refractivity contribution is 5.02. The van der Waals surface area contributed by atoms with E-state index in [2.05, 4.69) is 19.2 Å². The van der Waals surface area contributed by atoms with Gasteiger partial charge in [-0.05, 0) is 50.7 Å². The molecular formula is C15H25NO2. The van der Waals surface area contributed by atoms with Gasteiger partial charge in [-0.2, -0.15) is 0 Å². The SMILES string of the molecule is CC1CCC(OCCNC(C)c2ccco2)CC1. The first-order valence-electron chi connectivity index (χ1n) is 7.14. The van der Waals surface area contributed by atoms with E-state index in [1.54, 1.807) is 6.26 Å². The molecule has 0 amide bonds. The van der Waals surface area contributed by atoms with Crippen LogP contribution < -0.4 is 5.32 Å². The van der Waals surface area contributed by atoms with Crippen LogP contribution in [0.3, 0.4) is 0 Å². The van der Waals surface area contributed by atoms with Gasteiger partial charge in [-0.15, -0.1) is 0 Å². The predicted molar refractivity (Wildman–Crippen MR) is 72.5 cm³/mol. The van der Waals surface area contributed by atoms with E-state index in [9.17, 15) is 0 Å². The van der Waals surface area contributed by atoms with Crippen molar-refractivity contribution in [3.05, 3.63) is 24.2 Å². The van der Waals surface area contributed by atoms with E-state index in [4.69, 9.17) is 9.15 Å². The molecule has 3 nitrogen and oxygen atoms in total. The van der Waals surface area contributed by atoms with Crippen LogP contribution >= 0.6 is 0 Å². The Hall–Kier alpha value is -0.800. The number of hydrogen-bond acceptors (Lipinski definition) is 3. The smallest absolute Gasteiger partial charge is 0.120 e. The molecule has 0 spiro atoms. The van der Waals surface area contributed by atoms with Gasteiger partial charge in [0.15, 0.2) is 0 Å². The van der Waals surface area contributed by atoms with Crippen molar-refractivity contribution in [2.24, 2.45) is 5.92 Å². The molecule has 0 aliphatic heterocycles. The lowest BCUT2D eigenvalue weighted by molar-refractivity contribution is 0.0207. The topological polar surface area (TPSA) is 34.4 Å². The molecule has 0 bridgehead atoms. The zero-order chi connectivity index (χ0) is 12.8. The first-order valence-corrected chi connectivity index (χ1v) is 7.14. The highest BCUT2D eigenvalue weighted by Gasteiger charge is 2.18. The molecule has 0 aromatic carbocycles. The Morgan fingerprint density at radius 1 is 1.39 bits per heavy atom. The highest BCUT2D eigenvalue weighted by atomic mass is 16.5. The largest absolute Gasteiger partial charge is 0.468 e. The van der Waals surface area contributed by atoms with Crippen LogP contribution in [0, 0.1) is 5.92 Å². The molecule has 18 heavy (non-hydrogen) atoms. The minimum Gasteiger partial charge on any atom is -0.468 e. The Morgan fingerprint density at radius 3 is 2.83 bits per heavy atom. The summed E-state index contributed by atoms with van der Waals surface area (Å²) in [6, 6.07) is 4.18. The average Bonchev–Trinajstić information content (AvgIpc) is 2.90. The van der Waals surface area contributed by atoms with Gasteiger partial charge in [0, 0.05) is 6.54 Å². The molecule has 1 aromatic heterocycles. The minimum absolute atomic E-state index is 0.259. The molecule has 2 rings (SSSR count). The Balaban J connectivity index is 1.56. The summed E-state index contributed by atoms with van der Waals surface area (Å²) in [7, 11) is 0. The summed E-state index contributed by atoms with van der Waals surface area (Å²) in [5.41, 5.74) is 0. The third-order valence-corrected chi connectivity index (χ3v) is 3.84. The van der Waals surface area contributed by atoms with E-state index >= 15 is 0 Å². The normalized spacial score (nSPS) is 26.1. The van der Waals surface area contributed by atoms with Gasteiger partial charge in [-0.25, -0.2) is 0 Å². The van der Waals surface area contributed by atoms with Gasteiger partial charge >= 0.3 is 0 Å². The van der Waals surface area contributed by atoms with Crippen molar-refractivity contribution in [2.75, 3.05) is 13.2 Å². The van der Waals surface area contributed by atoms with Crippen LogP contribution in [-0.4, -0.2) is 19.3 Å². The van der Waals surface area contributed by atoms with Gasteiger partial charge in [0.2, 0.25) is 0 Å². The highest BCUT2D eigenvalue weighted by Crippen LogP contribution is 2.25. The molecule has 1 heterocycles. The summed E-state index contributed by atoms with van der Waals surface area (Å²) >= 11 is 0. The van der Waals surface area contributed by atoms with Gasteiger partial charge in [-0.3, -0.25) is 0 Å². The standard InChI is InChI=1S/C15H25NO2/c1-12-5-7-14(8-6-12)17-11-9-16-13(2)15-4-3-10-18-15/h3-4,10,12-14,16H,5-9,11H2,1-2H3. The number of rotatable bonds is 6. The van der Waals surface area contributed by atoms with Crippen LogP contribution in [0.2, 0.25) is 0 Å². The van der Waals surface area contributed by atoms with Crippen LogP contribution in [-0.2, 0) is 4.74 Å². The van der Waals surface area contributed by atoms with Crippen LogP contribution in [0.5, 0.6) is 0 Å². The van der Waals surface area contributed by atoms with Gasteiger partial charge in [-0.1, -0.05) is 6.92 Å². The number of hydrogen-bond donors (Lipinski definition) is 1. The summed E-state index contributed by atoms with van der Waals surface area (Å²) in [5.74, 6) is 1.88. The van der Waals surface area contributed by atoms with Gasteiger partial charge in [0.25, 0.3) is 0 Å². The molecule has 0 saturated heterocycles. The summed E-state index contributed by atoms with van der Waals surface area (Å²) in [6.45, 7) is 6.13. The lowest BCUT2D eigenvalue weighted by Gasteiger charge is -2.26. The molecule has 1 unspecified atom stereocenters.